The van der Waals surface area contributed by atoms with E-state index in [4.69, 9.17) is 18.0 Å². The summed E-state index contributed by atoms with van der Waals surface area (Å²) in [7, 11) is 2.06. The third kappa shape index (κ3) is 3.55. The van der Waals surface area contributed by atoms with Crippen LogP contribution in [-0.2, 0) is 6.54 Å². The van der Waals surface area contributed by atoms with E-state index in [1.165, 1.54) is 5.56 Å². The summed E-state index contributed by atoms with van der Waals surface area (Å²) in [6, 6.07) is 16.2. The first-order chi connectivity index (χ1) is 9.08. The lowest BCUT2D eigenvalue weighted by atomic mass is 10.1. The minimum absolute atomic E-state index is 0.431. The normalized spacial score (nSPS) is 10.2. The van der Waals surface area contributed by atoms with Crippen LogP contribution in [0.2, 0.25) is 0 Å². The van der Waals surface area contributed by atoms with Gasteiger partial charge in [0, 0.05) is 29.3 Å². The van der Waals surface area contributed by atoms with Gasteiger partial charge in [0.1, 0.15) is 4.99 Å². The van der Waals surface area contributed by atoms with Crippen LogP contribution in [0, 0.1) is 0 Å². The summed E-state index contributed by atoms with van der Waals surface area (Å²) in [6.07, 6.45) is 0. The highest BCUT2D eigenvalue weighted by atomic mass is 79.9. The van der Waals surface area contributed by atoms with Crippen molar-refractivity contribution in [2.24, 2.45) is 5.73 Å². The Kier molecular flexibility index (Phi) is 4.56. The molecule has 0 aliphatic carbocycles. The number of thiocarbonyl (C=S) groups is 1. The molecule has 0 fully saturated rings. The lowest BCUT2D eigenvalue weighted by Crippen LogP contribution is -2.17. The molecule has 2 rings (SSSR count). The summed E-state index contributed by atoms with van der Waals surface area (Å²) in [5, 5.41) is 0. The molecule has 0 amide bonds. The first-order valence-corrected chi connectivity index (χ1v) is 7.12. The highest BCUT2D eigenvalue weighted by Crippen LogP contribution is 2.21. The fourth-order valence-electron chi connectivity index (χ4n) is 1.85. The third-order valence-corrected chi connectivity index (χ3v) is 3.97. The summed E-state index contributed by atoms with van der Waals surface area (Å²) >= 11 is 8.52. The van der Waals surface area contributed by atoms with Crippen LogP contribution >= 0.6 is 28.1 Å². The van der Waals surface area contributed by atoms with Crippen LogP contribution in [0.5, 0.6) is 0 Å². The second kappa shape index (κ2) is 6.17. The molecule has 4 heteroatoms. The van der Waals surface area contributed by atoms with Crippen LogP contribution in [-0.4, -0.2) is 12.0 Å². The first-order valence-electron chi connectivity index (χ1n) is 5.92. The average molecular weight is 335 g/mol. The van der Waals surface area contributed by atoms with Crippen molar-refractivity contribution in [2.75, 3.05) is 11.9 Å². The Morgan fingerprint density at radius 2 is 1.79 bits per heavy atom. The molecule has 2 nitrogen and oxygen atoms in total. The molecule has 0 aliphatic heterocycles. The van der Waals surface area contributed by atoms with Crippen molar-refractivity contribution in [1.82, 2.24) is 0 Å². The van der Waals surface area contributed by atoms with Crippen LogP contribution < -0.4 is 10.6 Å². The zero-order valence-corrected chi connectivity index (χ0v) is 13.0. The minimum Gasteiger partial charge on any atom is -0.389 e. The fraction of sp³-hybridized carbons (Fsp3) is 0.133. The van der Waals surface area contributed by atoms with Crippen molar-refractivity contribution in [2.45, 2.75) is 6.54 Å². The van der Waals surface area contributed by atoms with E-state index in [-0.39, 0.29) is 0 Å². The highest BCUT2D eigenvalue weighted by molar-refractivity contribution is 9.10. The zero-order chi connectivity index (χ0) is 13.8. The average Bonchev–Trinajstić information content (AvgIpc) is 2.41. The van der Waals surface area contributed by atoms with E-state index < -0.39 is 0 Å². The van der Waals surface area contributed by atoms with Gasteiger partial charge in [-0.25, -0.2) is 0 Å². The van der Waals surface area contributed by atoms with Crippen molar-refractivity contribution >= 4 is 38.8 Å². The summed E-state index contributed by atoms with van der Waals surface area (Å²) < 4.78 is 1.13. The Morgan fingerprint density at radius 3 is 2.37 bits per heavy atom. The molecule has 0 unspecified atom stereocenters. The van der Waals surface area contributed by atoms with Gasteiger partial charge < -0.3 is 10.6 Å². The molecule has 0 radical (unpaired) electrons. The number of nitrogens with zero attached hydrogens (tertiary/aromatic N) is 1. The molecule has 0 atom stereocenters. The van der Waals surface area contributed by atoms with Crippen LogP contribution in [0.4, 0.5) is 5.69 Å². The van der Waals surface area contributed by atoms with Gasteiger partial charge in [-0.2, -0.15) is 0 Å². The maximum Gasteiger partial charge on any atom is 0.103 e. The second-order valence-corrected chi connectivity index (χ2v) is 5.65. The van der Waals surface area contributed by atoms with Gasteiger partial charge in [-0.1, -0.05) is 46.3 Å². The van der Waals surface area contributed by atoms with Crippen molar-refractivity contribution in [3.05, 3.63) is 64.1 Å². The Labute approximate surface area is 127 Å². The quantitative estimate of drug-likeness (QED) is 0.864. The molecule has 19 heavy (non-hydrogen) atoms. The maximum absolute atomic E-state index is 5.59. The first kappa shape index (κ1) is 14.0. The second-order valence-electron chi connectivity index (χ2n) is 4.36. The van der Waals surface area contributed by atoms with Crippen molar-refractivity contribution in [3.8, 4) is 0 Å². The number of hydrogen-bond donors (Lipinski definition) is 1. The molecule has 98 valence electrons. The van der Waals surface area contributed by atoms with Crippen molar-refractivity contribution in [1.29, 1.82) is 0 Å². The molecule has 2 aromatic carbocycles. The van der Waals surface area contributed by atoms with E-state index in [0.29, 0.717) is 4.99 Å². The zero-order valence-electron chi connectivity index (χ0n) is 10.6. The molecule has 0 bridgehead atoms. The number of anilines is 1. The monoisotopic (exact) mass is 334 g/mol. The van der Waals surface area contributed by atoms with Gasteiger partial charge in [-0.3, -0.25) is 0 Å². The highest BCUT2D eigenvalue weighted by Gasteiger charge is 2.05. The van der Waals surface area contributed by atoms with E-state index in [1.54, 1.807) is 0 Å². The maximum atomic E-state index is 5.59. The summed E-state index contributed by atoms with van der Waals surface area (Å²) in [5.41, 5.74) is 8.88. The molecule has 0 aromatic heterocycles. The van der Waals surface area contributed by atoms with Gasteiger partial charge in [0.2, 0.25) is 0 Å². The van der Waals surface area contributed by atoms with Gasteiger partial charge in [-0.15, -0.1) is 0 Å². The van der Waals surface area contributed by atoms with Gasteiger partial charge in [0.15, 0.2) is 0 Å². The lowest BCUT2D eigenvalue weighted by molar-refractivity contribution is 0.918. The molecule has 0 saturated heterocycles. The Balaban J connectivity index is 2.14. The van der Waals surface area contributed by atoms with E-state index in [9.17, 15) is 0 Å². The number of hydrogen-bond acceptors (Lipinski definition) is 2. The van der Waals surface area contributed by atoms with Crippen LogP contribution in [0.25, 0.3) is 0 Å². The van der Waals surface area contributed by atoms with E-state index in [1.807, 2.05) is 36.4 Å². The van der Waals surface area contributed by atoms with E-state index in [0.717, 1.165) is 22.3 Å². The largest absolute Gasteiger partial charge is 0.389 e. The van der Waals surface area contributed by atoms with Gasteiger partial charge in [0.05, 0.1) is 0 Å². The van der Waals surface area contributed by atoms with Crippen LogP contribution in [0.1, 0.15) is 11.1 Å². The van der Waals surface area contributed by atoms with Gasteiger partial charge in [-0.05, 0) is 35.9 Å². The summed E-state index contributed by atoms with van der Waals surface area (Å²) in [5.74, 6) is 0. The Hall–Kier alpha value is -1.39. The number of benzene rings is 2. The molecular formula is C15H15BrN2S. The molecule has 2 N–H and O–H groups in total. The Morgan fingerprint density at radius 1 is 1.16 bits per heavy atom. The molecule has 0 aliphatic rings. The standard InChI is InChI=1S/C15H15BrN2S/c1-18(10-12-4-2-3-5-14(12)16)13-8-6-11(7-9-13)15(17)19/h2-9H,10H2,1H3,(H2,17,19). The predicted octanol–water partition coefficient (Wildman–Crippen LogP) is 3.72. The number of nitrogens with two attached hydrogens (primary N) is 1. The molecule has 0 spiro atoms. The van der Waals surface area contributed by atoms with E-state index in [2.05, 4.69) is 40.0 Å². The Bertz CT molecular complexity index is 581. The van der Waals surface area contributed by atoms with Gasteiger partial charge >= 0.3 is 0 Å². The van der Waals surface area contributed by atoms with Crippen LogP contribution in [0.15, 0.2) is 53.0 Å². The molecule has 2 aromatic rings. The van der Waals surface area contributed by atoms with Crippen molar-refractivity contribution < 1.29 is 0 Å². The summed E-state index contributed by atoms with van der Waals surface area (Å²) in [6.45, 7) is 0.841. The molecular weight excluding hydrogens is 320 g/mol. The van der Waals surface area contributed by atoms with Gasteiger partial charge in [0.25, 0.3) is 0 Å². The minimum atomic E-state index is 0.431. The fourth-order valence-corrected chi connectivity index (χ4v) is 2.40. The predicted molar refractivity (Wildman–Crippen MR) is 88.6 cm³/mol. The van der Waals surface area contributed by atoms with E-state index >= 15 is 0 Å². The summed E-state index contributed by atoms with van der Waals surface area (Å²) in [4.78, 5) is 2.61. The smallest absolute Gasteiger partial charge is 0.103 e. The van der Waals surface area contributed by atoms with Crippen molar-refractivity contribution in [3.63, 3.8) is 0 Å². The lowest BCUT2D eigenvalue weighted by Gasteiger charge is -2.20. The third-order valence-electron chi connectivity index (χ3n) is 2.96. The topological polar surface area (TPSA) is 29.3 Å². The SMILES string of the molecule is CN(Cc1ccccc1Br)c1ccc(C(N)=S)cc1. The van der Waals surface area contributed by atoms with Crippen LogP contribution in [0.3, 0.4) is 0 Å². The molecule has 0 saturated carbocycles. The molecule has 0 heterocycles. The number of rotatable bonds is 4. The number of halogens is 1.